The maximum absolute atomic E-state index is 11.5. The molecule has 1 aromatic carbocycles. The molecule has 0 spiro atoms. The van der Waals surface area contributed by atoms with Crippen molar-refractivity contribution in [2.24, 2.45) is 0 Å². The molecule has 0 saturated heterocycles. The van der Waals surface area contributed by atoms with Gasteiger partial charge in [0, 0.05) is 30.8 Å². The van der Waals surface area contributed by atoms with Gasteiger partial charge in [0.05, 0.1) is 0 Å². The van der Waals surface area contributed by atoms with Crippen molar-refractivity contribution in [1.82, 2.24) is 5.32 Å². The van der Waals surface area contributed by atoms with Gasteiger partial charge in [0.1, 0.15) is 5.75 Å². The van der Waals surface area contributed by atoms with Crippen molar-refractivity contribution in [1.29, 1.82) is 0 Å². The van der Waals surface area contributed by atoms with Crippen LogP contribution >= 0.6 is 0 Å². The fourth-order valence-corrected chi connectivity index (χ4v) is 1.28. The predicted molar refractivity (Wildman–Crippen MR) is 64.5 cm³/mol. The fourth-order valence-electron chi connectivity index (χ4n) is 1.28. The van der Waals surface area contributed by atoms with Gasteiger partial charge in [-0.3, -0.25) is 4.79 Å². The van der Waals surface area contributed by atoms with E-state index in [4.69, 9.17) is 0 Å². The van der Waals surface area contributed by atoms with E-state index >= 15 is 0 Å². The molecule has 0 unspecified atom stereocenters. The normalized spacial score (nSPS) is 10.4. The molecule has 88 valence electrons. The number of rotatable bonds is 5. The molecule has 1 rings (SSSR count). The van der Waals surface area contributed by atoms with E-state index in [0.29, 0.717) is 24.7 Å². The largest absolute Gasteiger partial charge is 0.508 e. The van der Waals surface area contributed by atoms with Gasteiger partial charge in [-0.2, -0.15) is 0 Å². The highest BCUT2D eigenvalue weighted by Gasteiger charge is 2.02. The number of amides is 1. The highest BCUT2D eigenvalue weighted by Crippen LogP contribution is 2.15. The summed E-state index contributed by atoms with van der Waals surface area (Å²) in [5.74, 6) is 0.0943. The van der Waals surface area contributed by atoms with E-state index in [1.54, 1.807) is 18.2 Å². The van der Waals surface area contributed by atoms with E-state index in [1.807, 2.05) is 13.8 Å². The Bertz CT molecular complexity index is 351. The Balaban J connectivity index is 2.34. The minimum absolute atomic E-state index is 0.0567. The third kappa shape index (κ3) is 4.79. The Morgan fingerprint density at radius 3 is 2.81 bits per heavy atom. The number of nitrogens with one attached hydrogen (secondary N) is 2. The standard InChI is InChI=1S/C12H18N2O2/c1-9(2)13-7-6-12(16)14-10-4-3-5-11(15)8-10/h3-5,8-9,13,15H,6-7H2,1-2H3,(H,14,16). The topological polar surface area (TPSA) is 61.4 Å². The summed E-state index contributed by atoms with van der Waals surface area (Å²) in [5, 5.41) is 15.1. The van der Waals surface area contributed by atoms with E-state index < -0.39 is 0 Å². The molecular weight excluding hydrogens is 204 g/mol. The minimum atomic E-state index is -0.0567. The number of aromatic hydroxyl groups is 1. The van der Waals surface area contributed by atoms with Crippen LogP contribution < -0.4 is 10.6 Å². The fraction of sp³-hybridized carbons (Fsp3) is 0.417. The van der Waals surface area contributed by atoms with Crippen molar-refractivity contribution in [2.75, 3.05) is 11.9 Å². The molecule has 0 atom stereocenters. The number of phenols is 1. The number of carbonyl (C=O) groups excluding carboxylic acids is 1. The highest BCUT2D eigenvalue weighted by molar-refractivity contribution is 5.90. The average Bonchev–Trinajstić information content (AvgIpc) is 2.16. The molecule has 0 aliphatic heterocycles. The zero-order chi connectivity index (χ0) is 12.0. The second kappa shape index (κ2) is 6.12. The van der Waals surface area contributed by atoms with Crippen LogP contribution in [0.2, 0.25) is 0 Å². The number of carbonyl (C=O) groups is 1. The summed E-state index contributed by atoms with van der Waals surface area (Å²) < 4.78 is 0. The Kier molecular flexibility index (Phi) is 4.79. The number of hydrogen-bond donors (Lipinski definition) is 3. The van der Waals surface area contributed by atoms with Crippen molar-refractivity contribution in [3.05, 3.63) is 24.3 Å². The summed E-state index contributed by atoms with van der Waals surface area (Å²) in [6, 6.07) is 6.91. The van der Waals surface area contributed by atoms with Gasteiger partial charge in [0.2, 0.25) is 5.91 Å². The van der Waals surface area contributed by atoms with Gasteiger partial charge in [0.15, 0.2) is 0 Å². The van der Waals surface area contributed by atoms with Crippen molar-refractivity contribution >= 4 is 11.6 Å². The van der Waals surface area contributed by atoms with Crippen LogP contribution in [0.3, 0.4) is 0 Å². The molecule has 1 aromatic rings. The zero-order valence-corrected chi connectivity index (χ0v) is 9.66. The Hall–Kier alpha value is -1.55. The molecule has 3 N–H and O–H groups in total. The van der Waals surface area contributed by atoms with Crippen LogP contribution in [0.5, 0.6) is 5.75 Å². The second-order valence-electron chi connectivity index (χ2n) is 3.96. The first kappa shape index (κ1) is 12.5. The zero-order valence-electron chi connectivity index (χ0n) is 9.66. The lowest BCUT2D eigenvalue weighted by molar-refractivity contribution is -0.116. The lowest BCUT2D eigenvalue weighted by atomic mass is 10.3. The van der Waals surface area contributed by atoms with Gasteiger partial charge < -0.3 is 15.7 Å². The Morgan fingerprint density at radius 2 is 2.19 bits per heavy atom. The summed E-state index contributed by atoms with van der Waals surface area (Å²) in [4.78, 5) is 11.5. The lowest BCUT2D eigenvalue weighted by Gasteiger charge is -2.08. The number of hydrogen-bond acceptors (Lipinski definition) is 3. The maximum Gasteiger partial charge on any atom is 0.225 e. The van der Waals surface area contributed by atoms with Crippen LogP contribution in [0.25, 0.3) is 0 Å². The molecule has 0 radical (unpaired) electrons. The van der Waals surface area contributed by atoms with E-state index in [9.17, 15) is 9.90 Å². The van der Waals surface area contributed by atoms with E-state index in [0.717, 1.165) is 0 Å². The van der Waals surface area contributed by atoms with E-state index in [-0.39, 0.29) is 11.7 Å². The van der Waals surface area contributed by atoms with Gasteiger partial charge in [-0.15, -0.1) is 0 Å². The summed E-state index contributed by atoms with van der Waals surface area (Å²) >= 11 is 0. The van der Waals surface area contributed by atoms with Gasteiger partial charge >= 0.3 is 0 Å². The molecule has 0 aromatic heterocycles. The van der Waals surface area contributed by atoms with Gasteiger partial charge in [0.25, 0.3) is 0 Å². The van der Waals surface area contributed by atoms with Crippen LogP contribution in [-0.4, -0.2) is 23.6 Å². The summed E-state index contributed by atoms with van der Waals surface area (Å²) in [7, 11) is 0. The SMILES string of the molecule is CC(C)NCCC(=O)Nc1cccc(O)c1. The van der Waals surface area contributed by atoms with E-state index in [1.165, 1.54) is 6.07 Å². The molecule has 0 saturated carbocycles. The smallest absolute Gasteiger partial charge is 0.225 e. The summed E-state index contributed by atoms with van der Waals surface area (Å²) in [6.07, 6.45) is 0.424. The summed E-state index contributed by atoms with van der Waals surface area (Å²) in [6.45, 7) is 4.72. The molecule has 16 heavy (non-hydrogen) atoms. The molecular formula is C12H18N2O2. The second-order valence-corrected chi connectivity index (χ2v) is 3.96. The molecule has 0 aliphatic rings. The predicted octanol–water partition coefficient (Wildman–Crippen LogP) is 1.72. The minimum Gasteiger partial charge on any atom is -0.508 e. The van der Waals surface area contributed by atoms with Crippen molar-refractivity contribution in [2.45, 2.75) is 26.3 Å². The first-order valence-corrected chi connectivity index (χ1v) is 5.40. The van der Waals surface area contributed by atoms with Gasteiger partial charge in [-0.05, 0) is 12.1 Å². The van der Waals surface area contributed by atoms with Crippen molar-refractivity contribution in [3.63, 3.8) is 0 Å². The Labute approximate surface area is 95.7 Å². The molecule has 0 fully saturated rings. The maximum atomic E-state index is 11.5. The first-order chi connectivity index (χ1) is 7.58. The van der Waals surface area contributed by atoms with Crippen LogP contribution in [0, 0.1) is 0 Å². The lowest BCUT2D eigenvalue weighted by Crippen LogP contribution is -2.27. The van der Waals surface area contributed by atoms with Crippen LogP contribution in [-0.2, 0) is 4.79 Å². The van der Waals surface area contributed by atoms with Crippen molar-refractivity contribution < 1.29 is 9.90 Å². The van der Waals surface area contributed by atoms with E-state index in [2.05, 4.69) is 10.6 Å². The highest BCUT2D eigenvalue weighted by atomic mass is 16.3. The quantitative estimate of drug-likeness (QED) is 0.711. The number of benzene rings is 1. The number of phenolic OH excluding ortho intramolecular Hbond substituents is 1. The van der Waals surface area contributed by atoms with Crippen LogP contribution in [0.4, 0.5) is 5.69 Å². The van der Waals surface area contributed by atoms with Crippen LogP contribution in [0.1, 0.15) is 20.3 Å². The number of anilines is 1. The summed E-state index contributed by atoms with van der Waals surface area (Å²) in [5.41, 5.74) is 0.620. The molecule has 0 heterocycles. The molecule has 1 amide bonds. The molecule has 4 nitrogen and oxygen atoms in total. The third-order valence-corrected chi connectivity index (χ3v) is 2.03. The third-order valence-electron chi connectivity index (χ3n) is 2.03. The first-order valence-electron chi connectivity index (χ1n) is 5.40. The Morgan fingerprint density at radius 1 is 1.44 bits per heavy atom. The van der Waals surface area contributed by atoms with Crippen LogP contribution in [0.15, 0.2) is 24.3 Å². The molecule has 0 bridgehead atoms. The van der Waals surface area contributed by atoms with Gasteiger partial charge in [-0.1, -0.05) is 19.9 Å². The molecule has 0 aliphatic carbocycles. The monoisotopic (exact) mass is 222 g/mol. The average molecular weight is 222 g/mol. The van der Waals surface area contributed by atoms with Gasteiger partial charge in [-0.25, -0.2) is 0 Å². The van der Waals surface area contributed by atoms with Crippen molar-refractivity contribution in [3.8, 4) is 5.75 Å². The molecule has 4 heteroatoms.